The summed E-state index contributed by atoms with van der Waals surface area (Å²) in [6.07, 6.45) is -0.240. The van der Waals surface area contributed by atoms with Gasteiger partial charge in [0.05, 0.1) is 13.3 Å². The van der Waals surface area contributed by atoms with Crippen LogP contribution >= 0.6 is 12.4 Å². The van der Waals surface area contributed by atoms with E-state index in [1.54, 1.807) is 4.90 Å². The fourth-order valence-electron chi connectivity index (χ4n) is 0.679. The van der Waals surface area contributed by atoms with Crippen molar-refractivity contribution in [3.05, 3.63) is 0 Å². The molecule has 4 nitrogen and oxygen atoms in total. The Morgan fingerprint density at radius 3 is 2.17 bits per heavy atom. The molecule has 0 unspecified atom stereocenters. The van der Waals surface area contributed by atoms with Crippen LogP contribution < -0.4 is 5.32 Å². The van der Waals surface area contributed by atoms with Gasteiger partial charge in [-0.05, 0) is 20.8 Å². The zero-order valence-corrected chi connectivity index (χ0v) is 8.40. The number of nitrogens with zero attached hydrogens (tertiary/aromatic N) is 1. The maximum absolute atomic E-state index is 11.1. The Bertz CT molecular complexity index is 163. The van der Waals surface area contributed by atoms with Crippen LogP contribution in [-0.4, -0.2) is 29.9 Å². The molecule has 0 atom stereocenters. The van der Waals surface area contributed by atoms with E-state index in [-0.39, 0.29) is 24.1 Å². The average Bonchev–Trinajstić information content (AvgIpc) is 1.50. The second-order valence-corrected chi connectivity index (χ2v) is 3.59. The summed E-state index contributed by atoms with van der Waals surface area (Å²) in [4.78, 5) is 12.7. The van der Waals surface area contributed by atoms with Crippen molar-refractivity contribution >= 4 is 18.5 Å². The standard InChI is InChI=1S/C7H14N2O2.ClH/c1-7(2,3)11-6(10)9-4-8-5-9;/h8H,4-5H2,1-3H3;1H. The molecule has 5 heteroatoms. The van der Waals surface area contributed by atoms with Crippen molar-refractivity contribution in [3.63, 3.8) is 0 Å². The molecule has 0 bridgehead atoms. The topological polar surface area (TPSA) is 41.6 Å². The van der Waals surface area contributed by atoms with Crippen LogP contribution in [0.1, 0.15) is 20.8 Å². The molecule has 0 spiro atoms. The van der Waals surface area contributed by atoms with E-state index in [2.05, 4.69) is 5.32 Å². The molecule has 0 saturated carbocycles. The number of amides is 1. The van der Waals surface area contributed by atoms with Crippen molar-refractivity contribution in [2.24, 2.45) is 0 Å². The van der Waals surface area contributed by atoms with Gasteiger partial charge in [-0.2, -0.15) is 0 Å². The predicted molar refractivity (Wildman–Crippen MR) is 48.2 cm³/mol. The van der Waals surface area contributed by atoms with Crippen LogP contribution in [0.15, 0.2) is 0 Å². The summed E-state index contributed by atoms with van der Waals surface area (Å²) in [5, 5.41) is 2.95. The Balaban J connectivity index is 0.00000121. The van der Waals surface area contributed by atoms with Gasteiger partial charge in [-0.15, -0.1) is 12.4 Å². The van der Waals surface area contributed by atoms with Gasteiger partial charge >= 0.3 is 6.09 Å². The van der Waals surface area contributed by atoms with Crippen molar-refractivity contribution in [2.45, 2.75) is 26.4 Å². The highest BCUT2D eigenvalue weighted by Gasteiger charge is 2.25. The number of halogens is 1. The molecule has 0 aromatic rings. The summed E-state index contributed by atoms with van der Waals surface area (Å²) in [7, 11) is 0. The molecule has 0 radical (unpaired) electrons. The monoisotopic (exact) mass is 194 g/mol. The summed E-state index contributed by atoms with van der Waals surface area (Å²) in [5.74, 6) is 0. The third-order valence-corrected chi connectivity index (χ3v) is 1.26. The van der Waals surface area contributed by atoms with E-state index < -0.39 is 0 Å². The first-order valence-electron chi connectivity index (χ1n) is 3.68. The molecule has 1 amide bonds. The lowest BCUT2D eigenvalue weighted by Crippen LogP contribution is -2.55. The quantitative estimate of drug-likeness (QED) is 0.630. The summed E-state index contributed by atoms with van der Waals surface area (Å²) >= 11 is 0. The predicted octanol–water partition coefficient (Wildman–Crippen LogP) is 1.16. The highest BCUT2D eigenvalue weighted by atomic mass is 35.5. The lowest BCUT2D eigenvalue weighted by Gasteiger charge is -2.33. The van der Waals surface area contributed by atoms with E-state index in [1.807, 2.05) is 20.8 Å². The lowest BCUT2D eigenvalue weighted by molar-refractivity contribution is 0.00609. The highest BCUT2D eigenvalue weighted by molar-refractivity contribution is 5.85. The number of carbonyl (C=O) groups excluding carboxylic acids is 1. The summed E-state index contributed by atoms with van der Waals surface area (Å²) in [6.45, 7) is 6.79. The van der Waals surface area contributed by atoms with Crippen molar-refractivity contribution in [1.29, 1.82) is 0 Å². The first-order chi connectivity index (χ1) is 4.99. The molecular formula is C7H15ClN2O2. The van der Waals surface area contributed by atoms with Gasteiger partial charge in [0.15, 0.2) is 0 Å². The highest BCUT2D eigenvalue weighted by Crippen LogP contribution is 2.10. The molecule has 0 aromatic carbocycles. The zero-order valence-electron chi connectivity index (χ0n) is 7.59. The van der Waals surface area contributed by atoms with Crippen molar-refractivity contribution < 1.29 is 9.53 Å². The number of hydrogen-bond donors (Lipinski definition) is 1. The third kappa shape index (κ3) is 3.28. The van der Waals surface area contributed by atoms with Gasteiger partial charge in [-0.25, -0.2) is 4.79 Å². The molecule has 1 aliphatic rings. The van der Waals surface area contributed by atoms with Gasteiger partial charge in [0.2, 0.25) is 0 Å². The Labute approximate surface area is 78.7 Å². The SMILES string of the molecule is CC(C)(C)OC(=O)N1CNC1.Cl. The van der Waals surface area contributed by atoms with Crippen molar-refractivity contribution in [3.8, 4) is 0 Å². The van der Waals surface area contributed by atoms with E-state index in [4.69, 9.17) is 4.74 Å². The van der Waals surface area contributed by atoms with Crippen molar-refractivity contribution in [2.75, 3.05) is 13.3 Å². The molecule has 72 valence electrons. The van der Waals surface area contributed by atoms with Crippen LogP contribution in [0, 0.1) is 0 Å². The molecule has 1 N–H and O–H groups in total. The Hall–Kier alpha value is -0.480. The number of nitrogens with one attached hydrogen (secondary N) is 1. The maximum Gasteiger partial charge on any atom is 0.412 e. The lowest BCUT2D eigenvalue weighted by atomic mass is 10.2. The van der Waals surface area contributed by atoms with E-state index in [0.717, 1.165) is 0 Å². The number of hydrogen-bond acceptors (Lipinski definition) is 3. The van der Waals surface area contributed by atoms with E-state index in [1.165, 1.54) is 0 Å². The Kier molecular flexibility index (Phi) is 3.80. The zero-order chi connectivity index (χ0) is 8.48. The minimum absolute atomic E-state index is 0. The number of rotatable bonds is 0. The number of ether oxygens (including phenoxy) is 1. The minimum atomic E-state index is -0.382. The van der Waals surface area contributed by atoms with Crippen LogP contribution in [0.3, 0.4) is 0 Å². The van der Waals surface area contributed by atoms with Crippen molar-refractivity contribution in [1.82, 2.24) is 10.2 Å². The van der Waals surface area contributed by atoms with Gasteiger partial charge in [-0.1, -0.05) is 0 Å². The molecule has 1 aliphatic heterocycles. The summed E-state index contributed by atoms with van der Waals surface area (Å²) in [6, 6.07) is 0. The van der Waals surface area contributed by atoms with Gasteiger partial charge in [-0.3, -0.25) is 10.2 Å². The van der Waals surface area contributed by atoms with Crippen LogP contribution in [0.25, 0.3) is 0 Å². The molecular weight excluding hydrogens is 180 g/mol. The summed E-state index contributed by atoms with van der Waals surface area (Å²) in [5.41, 5.74) is -0.382. The van der Waals surface area contributed by atoms with E-state index in [0.29, 0.717) is 13.3 Å². The smallest absolute Gasteiger partial charge is 0.412 e. The van der Waals surface area contributed by atoms with E-state index >= 15 is 0 Å². The molecule has 1 heterocycles. The Morgan fingerprint density at radius 2 is 1.92 bits per heavy atom. The Morgan fingerprint density at radius 1 is 1.42 bits per heavy atom. The average molecular weight is 195 g/mol. The van der Waals surface area contributed by atoms with Gasteiger partial charge < -0.3 is 4.74 Å². The second kappa shape index (κ2) is 3.96. The van der Waals surface area contributed by atoms with Crippen LogP contribution in [0.2, 0.25) is 0 Å². The minimum Gasteiger partial charge on any atom is -0.444 e. The van der Waals surface area contributed by atoms with Gasteiger partial charge in [0, 0.05) is 0 Å². The molecule has 1 rings (SSSR count). The molecule has 12 heavy (non-hydrogen) atoms. The van der Waals surface area contributed by atoms with Crippen LogP contribution in [0.4, 0.5) is 4.79 Å². The normalized spacial score (nSPS) is 16.1. The van der Waals surface area contributed by atoms with Crippen LogP contribution in [0.5, 0.6) is 0 Å². The fraction of sp³-hybridized carbons (Fsp3) is 0.857. The molecule has 1 fully saturated rings. The van der Waals surface area contributed by atoms with Gasteiger partial charge in [0.25, 0.3) is 0 Å². The van der Waals surface area contributed by atoms with Gasteiger partial charge in [0.1, 0.15) is 5.60 Å². The largest absolute Gasteiger partial charge is 0.444 e. The second-order valence-electron chi connectivity index (χ2n) is 3.59. The third-order valence-electron chi connectivity index (χ3n) is 1.26. The van der Waals surface area contributed by atoms with Crippen LogP contribution in [-0.2, 0) is 4.74 Å². The molecule has 1 saturated heterocycles. The van der Waals surface area contributed by atoms with E-state index in [9.17, 15) is 4.79 Å². The first-order valence-corrected chi connectivity index (χ1v) is 3.68. The molecule has 0 aromatic heterocycles. The number of carbonyl (C=O) groups is 1. The molecule has 0 aliphatic carbocycles. The summed E-state index contributed by atoms with van der Waals surface area (Å²) < 4.78 is 5.09. The maximum atomic E-state index is 11.1. The first kappa shape index (κ1) is 11.5. The fourth-order valence-corrected chi connectivity index (χ4v) is 0.679.